The van der Waals surface area contributed by atoms with E-state index in [2.05, 4.69) is 20.6 Å². The number of nitrogens with zero attached hydrogens (tertiary/aromatic N) is 2. The first-order valence-electron chi connectivity index (χ1n) is 6.65. The van der Waals surface area contributed by atoms with E-state index in [1.807, 2.05) is 0 Å². The Bertz CT molecular complexity index is 720. The molecule has 2 aromatic rings. The summed E-state index contributed by atoms with van der Waals surface area (Å²) in [7, 11) is 0. The Hall–Kier alpha value is -3.23. The molecule has 0 atom stereocenters. The molecule has 0 aliphatic heterocycles. The van der Waals surface area contributed by atoms with Gasteiger partial charge >= 0.3 is 0 Å². The first kappa shape index (κ1) is 16.1. The van der Waals surface area contributed by atoms with E-state index in [4.69, 9.17) is 11.5 Å². The van der Waals surface area contributed by atoms with Crippen LogP contribution in [0.15, 0.2) is 30.5 Å². The van der Waals surface area contributed by atoms with E-state index in [-0.39, 0.29) is 23.9 Å². The van der Waals surface area contributed by atoms with Gasteiger partial charge in [-0.15, -0.1) is 0 Å². The summed E-state index contributed by atoms with van der Waals surface area (Å²) in [6.07, 6.45) is 1.25. The number of hydrogen-bond donors (Lipinski definition) is 4. The number of carbonyl (C=O) groups excluding carboxylic acids is 2. The molecular weight excluding hydrogens is 303 g/mol. The van der Waals surface area contributed by atoms with Crippen LogP contribution < -0.4 is 22.1 Å². The molecule has 0 aliphatic rings. The fourth-order valence-corrected chi connectivity index (χ4v) is 1.77. The zero-order chi connectivity index (χ0) is 16.8. The number of amides is 2. The van der Waals surface area contributed by atoms with Gasteiger partial charge in [0.1, 0.15) is 12.5 Å². The van der Waals surface area contributed by atoms with Gasteiger partial charge in [0.25, 0.3) is 5.91 Å². The second kappa shape index (κ2) is 7.16. The van der Waals surface area contributed by atoms with Gasteiger partial charge < -0.3 is 22.1 Å². The van der Waals surface area contributed by atoms with Gasteiger partial charge in [-0.2, -0.15) is 4.98 Å². The lowest BCUT2D eigenvalue weighted by atomic mass is 10.2. The zero-order valence-electron chi connectivity index (χ0n) is 12.0. The minimum Gasteiger partial charge on any atom is -0.367 e. The van der Waals surface area contributed by atoms with Gasteiger partial charge in [-0.1, -0.05) is 0 Å². The van der Waals surface area contributed by atoms with Crippen molar-refractivity contribution in [3.63, 3.8) is 0 Å². The monoisotopic (exact) mass is 318 g/mol. The van der Waals surface area contributed by atoms with Crippen molar-refractivity contribution in [2.24, 2.45) is 11.5 Å². The fraction of sp³-hybridized carbons (Fsp3) is 0.143. The first-order valence-corrected chi connectivity index (χ1v) is 6.65. The summed E-state index contributed by atoms with van der Waals surface area (Å²) < 4.78 is 12.3. The summed E-state index contributed by atoms with van der Waals surface area (Å²) in [6.45, 7) is -0.635. The maximum atomic E-state index is 12.3. The topological polar surface area (TPSA) is 136 Å². The molecule has 1 aromatic carbocycles. The number of alkyl halides is 1. The van der Waals surface area contributed by atoms with Crippen LogP contribution in [0.5, 0.6) is 0 Å². The molecule has 1 heterocycles. The molecule has 2 rings (SSSR count). The number of aromatic nitrogens is 2. The molecule has 6 N–H and O–H groups in total. The summed E-state index contributed by atoms with van der Waals surface area (Å²) in [4.78, 5) is 30.4. The largest absolute Gasteiger partial charge is 0.367 e. The van der Waals surface area contributed by atoms with Gasteiger partial charge in [0, 0.05) is 24.0 Å². The van der Waals surface area contributed by atoms with Gasteiger partial charge in [-0.05, 0) is 24.3 Å². The molecule has 120 valence electrons. The molecule has 0 saturated carbocycles. The van der Waals surface area contributed by atoms with Crippen LogP contribution in [0.2, 0.25) is 0 Å². The van der Waals surface area contributed by atoms with Gasteiger partial charge in [0.15, 0.2) is 0 Å². The number of primary amides is 2. The lowest BCUT2D eigenvalue weighted by Gasteiger charge is -2.10. The van der Waals surface area contributed by atoms with Crippen LogP contribution in [-0.4, -0.2) is 35.0 Å². The molecule has 0 unspecified atom stereocenters. The van der Waals surface area contributed by atoms with Gasteiger partial charge in [0.05, 0.1) is 5.56 Å². The molecule has 8 nitrogen and oxygen atoms in total. The van der Waals surface area contributed by atoms with Crippen LogP contribution in [0.3, 0.4) is 0 Å². The van der Waals surface area contributed by atoms with Crippen LogP contribution in [0.1, 0.15) is 20.7 Å². The third-order valence-corrected chi connectivity index (χ3v) is 2.87. The minimum absolute atomic E-state index is 0.00988. The Balaban J connectivity index is 2.22. The highest BCUT2D eigenvalue weighted by Gasteiger charge is 2.12. The quantitative estimate of drug-likeness (QED) is 0.596. The van der Waals surface area contributed by atoms with E-state index in [0.29, 0.717) is 11.3 Å². The molecule has 0 aliphatic carbocycles. The van der Waals surface area contributed by atoms with Gasteiger partial charge in [0.2, 0.25) is 11.9 Å². The van der Waals surface area contributed by atoms with Gasteiger partial charge in [-0.25, -0.2) is 9.37 Å². The smallest absolute Gasteiger partial charge is 0.254 e. The van der Waals surface area contributed by atoms with Crippen LogP contribution in [0, 0.1) is 0 Å². The number of hydrogen-bond acceptors (Lipinski definition) is 6. The molecule has 0 saturated heterocycles. The Labute approximate surface area is 131 Å². The molecule has 0 radical (unpaired) electrons. The third-order valence-electron chi connectivity index (χ3n) is 2.87. The predicted octanol–water partition coefficient (Wildman–Crippen LogP) is 0.799. The summed E-state index contributed by atoms with van der Waals surface area (Å²) in [5, 5.41) is 5.56. The van der Waals surface area contributed by atoms with E-state index in [9.17, 15) is 14.0 Å². The molecule has 0 spiro atoms. The number of rotatable bonds is 7. The van der Waals surface area contributed by atoms with Crippen molar-refractivity contribution in [2.75, 3.05) is 23.9 Å². The Morgan fingerprint density at radius 3 is 2.39 bits per heavy atom. The number of benzene rings is 1. The van der Waals surface area contributed by atoms with Crippen molar-refractivity contribution in [3.05, 3.63) is 41.6 Å². The summed E-state index contributed by atoms with van der Waals surface area (Å²) in [5.74, 6) is -0.926. The summed E-state index contributed by atoms with van der Waals surface area (Å²) in [5.41, 5.74) is 11.4. The maximum absolute atomic E-state index is 12.3. The van der Waals surface area contributed by atoms with Gasteiger partial charge in [-0.3, -0.25) is 9.59 Å². The van der Waals surface area contributed by atoms with E-state index in [1.54, 1.807) is 24.3 Å². The Kier molecular flexibility index (Phi) is 5.03. The number of halogens is 1. The van der Waals surface area contributed by atoms with Crippen LogP contribution in [0.4, 0.5) is 21.8 Å². The minimum atomic E-state index is -0.719. The highest BCUT2D eigenvalue weighted by Crippen LogP contribution is 2.17. The second-order valence-electron chi connectivity index (χ2n) is 4.50. The standard InChI is InChI=1S/C14H15FN6O2/c15-5-6-18-13-10(12(17)23)7-19-14(21-13)20-9-3-1-8(2-4-9)11(16)22/h1-4,7H,5-6H2,(H2,16,22)(H2,17,23)(H2,18,19,20,21). The Morgan fingerprint density at radius 1 is 1.13 bits per heavy atom. The summed E-state index contributed by atoms with van der Waals surface area (Å²) >= 11 is 0. The first-order chi connectivity index (χ1) is 11.0. The maximum Gasteiger partial charge on any atom is 0.254 e. The van der Waals surface area contributed by atoms with E-state index < -0.39 is 18.5 Å². The van der Waals surface area contributed by atoms with E-state index in [0.717, 1.165) is 0 Å². The van der Waals surface area contributed by atoms with Crippen molar-refractivity contribution < 1.29 is 14.0 Å². The predicted molar refractivity (Wildman–Crippen MR) is 83.3 cm³/mol. The highest BCUT2D eigenvalue weighted by molar-refractivity contribution is 5.97. The SMILES string of the molecule is NC(=O)c1ccc(Nc2ncc(C(N)=O)c(NCCF)n2)cc1. The number of anilines is 3. The summed E-state index contributed by atoms with van der Waals surface area (Å²) in [6, 6.07) is 6.34. The van der Waals surface area contributed by atoms with Crippen molar-refractivity contribution in [1.82, 2.24) is 9.97 Å². The Morgan fingerprint density at radius 2 is 1.83 bits per heavy atom. The van der Waals surface area contributed by atoms with Crippen molar-refractivity contribution in [1.29, 1.82) is 0 Å². The number of carbonyl (C=O) groups is 2. The number of nitrogens with one attached hydrogen (secondary N) is 2. The fourth-order valence-electron chi connectivity index (χ4n) is 1.77. The van der Waals surface area contributed by atoms with Crippen molar-refractivity contribution in [2.45, 2.75) is 0 Å². The van der Waals surface area contributed by atoms with E-state index in [1.165, 1.54) is 6.20 Å². The second-order valence-corrected chi connectivity index (χ2v) is 4.50. The molecule has 0 bridgehead atoms. The van der Waals surface area contributed by atoms with Crippen molar-refractivity contribution >= 4 is 29.3 Å². The lowest BCUT2D eigenvalue weighted by Crippen LogP contribution is -2.18. The molecular formula is C14H15FN6O2. The lowest BCUT2D eigenvalue weighted by molar-refractivity contribution is 0.0992. The molecule has 9 heteroatoms. The molecule has 2 amide bonds. The highest BCUT2D eigenvalue weighted by atomic mass is 19.1. The zero-order valence-corrected chi connectivity index (χ0v) is 12.0. The van der Waals surface area contributed by atoms with Crippen LogP contribution in [-0.2, 0) is 0 Å². The average Bonchev–Trinajstić information content (AvgIpc) is 2.53. The molecule has 23 heavy (non-hydrogen) atoms. The average molecular weight is 318 g/mol. The number of nitrogens with two attached hydrogens (primary N) is 2. The molecule has 1 aromatic heterocycles. The van der Waals surface area contributed by atoms with Crippen LogP contribution >= 0.6 is 0 Å². The van der Waals surface area contributed by atoms with E-state index >= 15 is 0 Å². The molecule has 0 fully saturated rings. The van der Waals surface area contributed by atoms with Crippen molar-refractivity contribution in [3.8, 4) is 0 Å². The normalized spacial score (nSPS) is 10.1. The van der Waals surface area contributed by atoms with Crippen LogP contribution in [0.25, 0.3) is 0 Å². The third kappa shape index (κ3) is 4.13.